The van der Waals surface area contributed by atoms with E-state index in [-0.39, 0.29) is 10.5 Å². The molecule has 2 N–H and O–H groups in total. The lowest BCUT2D eigenvalue weighted by Crippen LogP contribution is -2.35. The lowest BCUT2D eigenvalue weighted by molar-refractivity contribution is 0.102. The zero-order chi connectivity index (χ0) is 19.7. The molecule has 0 fully saturated rings. The van der Waals surface area contributed by atoms with E-state index in [0.29, 0.717) is 18.1 Å². The van der Waals surface area contributed by atoms with Gasteiger partial charge < -0.3 is 5.32 Å². The van der Waals surface area contributed by atoms with Gasteiger partial charge in [-0.3, -0.25) is 14.2 Å². The number of amides is 1. The molecule has 3 aromatic rings. The van der Waals surface area contributed by atoms with Crippen molar-refractivity contribution < 1.29 is 13.2 Å². The van der Waals surface area contributed by atoms with Gasteiger partial charge in [0.05, 0.1) is 10.6 Å². The number of sulfonamides is 1. The summed E-state index contributed by atoms with van der Waals surface area (Å²) in [6, 6.07) is 15.3. The summed E-state index contributed by atoms with van der Waals surface area (Å²) < 4.78 is 28.0. The van der Waals surface area contributed by atoms with Gasteiger partial charge in [-0.2, -0.15) is 5.10 Å². The minimum Gasteiger partial charge on any atom is -0.305 e. The average molecular weight is 396 g/mol. The number of aryl methyl sites for hydroxylation is 2. The van der Waals surface area contributed by atoms with Gasteiger partial charge in [0.15, 0.2) is 5.82 Å². The van der Waals surface area contributed by atoms with Crippen LogP contribution in [0.1, 0.15) is 28.0 Å². The zero-order valence-electron chi connectivity index (χ0n) is 15.3. The molecule has 0 unspecified atom stereocenters. The van der Waals surface area contributed by atoms with Crippen LogP contribution in [0.25, 0.3) is 0 Å². The van der Waals surface area contributed by atoms with E-state index in [1.54, 1.807) is 18.2 Å². The van der Waals surface area contributed by atoms with Crippen LogP contribution in [0.3, 0.4) is 0 Å². The molecule has 8 heteroatoms. The van der Waals surface area contributed by atoms with E-state index in [4.69, 9.17) is 0 Å². The molecular formula is C20H20N4O3S. The molecular weight excluding hydrogens is 376 g/mol. The van der Waals surface area contributed by atoms with Crippen LogP contribution in [0.5, 0.6) is 0 Å². The average Bonchev–Trinajstić information content (AvgIpc) is 3.12. The first-order valence-electron chi connectivity index (χ1n) is 8.99. The Hall–Kier alpha value is -3.13. The molecule has 0 spiro atoms. The number of carbonyl (C=O) groups is 1. The van der Waals surface area contributed by atoms with Crippen LogP contribution in [0.2, 0.25) is 0 Å². The van der Waals surface area contributed by atoms with Crippen LogP contribution in [-0.4, -0.2) is 31.1 Å². The molecule has 4 rings (SSSR count). The summed E-state index contributed by atoms with van der Waals surface area (Å²) in [6.07, 6.45) is 1.61. The Morgan fingerprint density at radius 2 is 1.96 bits per heavy atom. The lowest BCUT2D eigenvalue weighted by Gasteiger charge is -2.30. The number of para-hydroxylation sites is 1. The molecule has 1 aliphatic rings. The van der Waals surface area contributed by atoms with Crippen LogP contribution in [0, 0.1) is 6.92 Å². The molecule has 2 aromatic carbocycles. The zero-order valence-corrected chi connectivity index (χ0v) is 16.2. The fraction of sp³-hybridized carbons (Fsp3) is 0.200. The summed E-state index contributed by atoms with van der Waals surface area (Å²) in [6.45, 7) is 2.24. The molecule has 28 heavy (non-hydrogen) atoms. The van der Waals surface area contributed by atoms with Crippen LogP contribution in [0.15, 0.2) is 59.5 Å². The Morgan fingerprint density at radius 3 is 2.75 bits per heavy atom. The van der Waals surface area contributed by atoms with E-state index in [0.717, 1.165) is 24.1 Å². The van der Waals surface area contributed by atoms with Gasteiger partial charge in [-0.25, -0.2) is 8.42 Å². The second-order valence-corrected chi connectivity index (χ2v) is 8.59. The molecule has 0 bridgehead atoms. The van der Waals surface area contributed by atoms with Gasteiger partial charge in [-0.15, -0.1) is 0 Å². The number of rotatable bonds is 4. The minimum absolute atomic E-state index is 0.0926. The lowest BCUT2D eigenvalue weighted by atomic mass is 10.0. The maximum absolute atomic E-state index is 13.3. The number of anilines is 2. The van der Waals surface area contributed by atoms with E-state index in [1.807, 2.05) is 31.2 Å². The molecule has 0 aliphatic carbocycles. The third-order valence-corrected chi connectivity index (χ3v) is 6.51. The van der Waals surface area contributed by atoms with Gasteiger partial charge in [0.25, 0.3) is 15.9 Å². The third-order valence-electron chi connectivity index (χ3n) is 4.70. The fourth-order valence-corrected chi connectivity index (χ4v) is 4.93. The molecule has 0 saturated carbocycles. The Morgan fingerprint density at radius 1 is 1.14 bits per heavy atom. The number of aromatic nitrogens is 2. The van der Waals surface area contributed by atoms with Crippen molar-refractivity contribution in [2.45, 2.75) is 24.7 Å². The van der Waals surface area contributed by atoms with Gasteiger partial charge in [0.2, 0.25) is 0 Å². The molecule has 7 nitrogen and oxygen atoms in total. The molecule has 144 valence electrons. The fourth-order valence-electron chi connectivity index (χ4n) is 3.34. The largest absolute Gasteiger partial charge is 0.305 e. The highest BCUT2D eigenvalue weighted by Crippen LogP contribution is 2.32. The summed E-state index contributed by atoms with van der Waals surface area (Å²) in [7, 11) is -3.77. The van der Waals surface area contributed by atoms with Gasteiger partial charge >= 0.3 is 0 Å². The first-order chi connectivity index (χ1) is 13.4. The summed E-state index contributed by atoms with van der Waals surface area (Å²) in [5.74, 6) is -0.0247. The number of nitrogens with zero attached hydrogens (tertiary/aromatic N) is 2. The molecule has 1 amide bonds. The highest BCUT2D eigenvalue weighted by atomic mass is 32.2. The Kier molecular flexibility index (Phi) is 4.64. The molecule has 1 aliphatic heterocycles. The van der Waals surface area contributed by atoms with E-state index >= 15 is 0 Å². The van der Waals surface area contributed by atoms with E-state index in [9.17, 15) is 13.2 Å². The Bertz CT molecular complexity index is 1140. The van der Waals surface area contributed by atoms with Crippen molar-refractivity contribution >= 4 is 27.4 Å². The van der Waals surface area contributed by atoms with Crippen molar-refractivity contribution in [3.8, 4) is 0 Å². The smallest absolute Gasteiger partial charge is 0.264 e. The highest BCUT2D eigenvalue weighted by Gasteiger charge is 2.29. The van der Waals surface area contributed by atoms with E-state index in [1.165, 1.54) is 16.4 Å². The second-order valence-electron chi connectivity index (χ2n) is 6.73. The predicted molar refractivity (Wildman–Crippen MR) is 107 cm³/mol. The number of fused-ring (bicyclic) bond motifs is 1. The number of hydrogen-bond acceptors (Lipinski definition) is 4. The number of aromatic amines is 1. The van der Waals surface area contributed by atoms with Crippen LogP contribution in [0.4, 0.5) is 11.5 Å². The van der Waals surface area contributed by atoms with Crippen molar-refractivity contribution in [1.82, 2.24) is 10.2 Å². The summed E-state index contributed by atoms with van der Waals surface area (Å²) >= 11 is 0. The van der Waals surface area contributed by atoms with Crippen LogP contribution >= 0.6 is 0 Å². The second kappa shape index (κ2) is 7.12. The standard InChI is InChI=1S/C20H20N4O3S/c1-14-12-19(23-22-14)21-20(25)16-7-4-9-17(13-16)28(26,27)24-11-5-8-15-6-2-3-10-18(15)24/h2-4,6-7,9-10,12-13H,5,8,11H2,1H3,(H2,21,22,23,25). The number of nitrogens with one attached hydrogen (secondary N) is 2. The number of benzene rings is 2. The normalized spacial score (nSPS) is 13.8. The highest BCUT2D eigenvalue weighted by molar-refractivity contribution is 7.92. The Balaban J connectivity index is 1.64. The number of hydrogen-bond donors (Lipinski definition) is 2. The Labute approximate surface area is 163 Å². The summed E-state index contributed by atoms with van der Waals surface area (Å²) in [5.41, 5.74) is 2.79. The van der Waals surface area contributed by atoms with Crippen LogP contribution < -0.4 is 9.62 Å². The number of H-pyrrole nitrogens is 1. The van der Waals surface area contributed by atoms with E-state index in [2.05, 4.69) is 15.5 Å². The SMILES string of the molecule is Cc1cc(NC(=O)c2cccc(S(=O)(=O)N3CCCc4ccccc43)c2)n[nH]1. The number of carbonyl (C=O) groups excluding carboxylic acids is 1. The third kappa shape index (κ3) is 3.38. The first-order valence-corrected chi connectivity index (χ1v) is 10.4. The van der Waals surface area contributed by atoms with Gasteiger partial charge in [-0.1, -0.05) is 24.3 Å². The molecule has 0 radical (unpaired) electrons. The predicted octanol–water partition coefficient (Wildman–Crippen LogP) is 3.11. The minimum atomic E-state index is -3.77. The molecule has 2 heterocycles. The summed E-state index contributed by atoms with van der Waals surface area (Å²) in [5, 5.41) is 9.38. The maximum atomic E-state index is 13.3. The molecule has 0 atom stereocenters. The van der Waals surface area contributed by atoms with Crippen molar-refractivity contribution in [2.24, 2.45) is 0 Å². The van der Waals surface area contributed by atoms with Gasteiger partial charge in [-0.05, 0) is 49.6 Å². The quantitative estimate of drug-likeness (QED) is 0.708. The van der Waals surface area contributed by atoms with Gasteiger partial charge in [0.1, 0.15) is 0 Å². The van der Waals surface area contributed by atoms with Crippen molar-refractivity contribution in [3.63, 3.8) is 0 Å². The van der Waals surface area contributed by atoms with Crippen molar-refractivity contribution in [3.05, 3.63) is 71.4 Å². The topological polar surface area (TPSA) is 95.2 Å². The summed E-state index contributed by atoms with van der Waals surface area (Å²) in [4.78, 5) is 12.6. The molecule has 0 saturated heterocycles. The van der Waals surface area contributed by atoms with Gasteiger partial charge in [0, 0.05) is 23.9 Å². The van der Waals surface area contributed by atoms with Crippen molar-refractivity contribution in [1.29, 1.82) is 0 Å². The van der Waals surface area contributed by atoms with Crippen LogP contribution in [-0.2, 0) is 16.4 Å². The first kappa shape index (κ1) is 18.2. The van der Waals surface area contributed by atoms with Crippen molar-refractivity contribution in [2.75, 3.05) is 16.2 Å². The van der Waals surface area contributed by atoms with E-state index < -0.39 is 15.9 Å². The molecule has 1 aromatic heterocycles. The monoisotopic (exact) mass is 396 g/mol. The maximum Gasteiger partial charge on any atom is 0.264 e.